The van der Waals surface area contributed by atoms with Crippen LogP contribution < -0.4 is 10.2 Å². The van der Waals surface area contributed by atoms with Crippen molar-refractivity contribution in [3.05, 3.63) is 28.8 Å². The van der Waals surface area contributed by atoms with E-state index in [1.165, 1.54) is 0 Å². The molecule has 1 saturated heterocycles. The first-order valence-corrected chi connectivity index (χ1v) is 8.76. The minimum absolute atomic E-state index is 0.168. The molecule has 1 N–H and O–H groups in total. The van der Waals surface area contributed by atoms with Gasteiger partial charge in [0.2, 0.25) is 0 Å². The second-order valence-electron chi connectivity index (χ2n) is 7.37. The standard InChI is InChI=1S/C18H28ClN3O2/c1-13(20-17(23)24-18(2,3)4)14-6-7-16(15(19)12-14)22-10-8-21(5)9-11-22/h6-7,12-13H,8-11H2,1-5H3,(H,20,23)/t13-/m0/s1. The van der Waals surface area contributed by atoms with Gasteiger partial charge in [0, 0.05) is 26.2 Å². The number of likely N-dealkylation sites (N-methyl/N-ethyl adjacent to an activating group) is 1. The van der Waals surface area contributed by atoms with Gasteiger partial charge in [0.25, 0.3) is 0 Å². The van der Waals surface area contributed by atoms with Gasteiger partial charge in [0.1, 0.15) is 5.60 Å². The molecule has 1 fully saturated rings. The van der Waals surface area contributed by atoms with Gasteiger partial charge in [-0.1, -0.05) is 17.7 Å². The fourth-order valence-electron chi connectivity index (χ4n) is 2.66. The molecule has 1 aromatic carbocycles. The first-order chi connectivity index (χ1) is 11.2. The zero-order chi connectivity index (χ0) is 17.9. The lowest BCUT2D eigenvalue weighted by molar-refractivity contribution is 0.0508. The van der Waals surface area contributed by atoms with Gasteiger partial charge in [0.15, 0.2) is 0 Å². The van der Waals surface area contributed by atoms with E-state index in [2.05, 4.69) is 22.2 Å². The maximum Gasteiger partial charge on any atom is 0.408 e. The largest absolute Gasteiger partial charge is 0.444 e. The second-order valence-corrected chi connectivity index (χ2v) is 7.78. The minimum atomic E-state index is -0.507. The molecule has 0 unspecified atom stereocenters. The zero-order valence-electron chi connectivity index (χ0n) is 15.2. The Labute approximate surface area is 149 Å². The van der Waals surface area contributed by atoms with Crippen LogP contribution in [0.15, 0.2) is 18.2 Å². The lowest BCUT2D eigenvalue weighted by Crippen LogP contribution is -2.44. The van der Waals surface area contributed by atoms with E-state index in [9.17, 15) is 4.79 Å². The first kappa shape index (κ1) is 18.9. The van der Waals surface area contributed by atoms with Crippen molar-refractivity contribution in [2.24, 2.45) is 0 Å². The molecule has 0 spiro atoms. The monoisotopic (exact) mass is 353 g/mol. The number of hydrogen-bond donors (Lipinski definition) is 1. The van der Waals surface area contributed by atoms with Crippen LogP contribution in [0.3, 0.4) is 0 Å². The number of piperazine rings is 1. The Kier molecular flexibility index (Phi) is 5.99. The molecule has 1 atom stereocenters. The van der Waals surface area contributed by atoms with Gasteiger partial charge in [-0.2, -0.15) is 0 Å². The fraction of sp³-hybridized carbons (Fsp3) is 0.611. The number of ether oxygens (including phenoxy) is 1. The van der Waals surface area contributed by atoms with Gasteiger partial charge in [-0.3, -0.25) is 0 Å². The molecule has 0 aromatic heterocycles. The van der Waals surface area contributed by atoms with Crippen LogP contribution in [0.25, 0.3) is 0 Å². The van der Waals surface area contributed by atoms with Crippen LogP contribution in [0.1, 0.15) is 39.3 Å². The Morgan fingerprint density at radius 2 is 1.88 bits per heavy atom. The smallest absolute Gasteiger partial charge is 0.408 e. The summed E-state index contributed by atoms with van der Waals surface area (Å²) in [5.41, 5.74) is 1.51. The summed E-state index contributed by atoms with van der Waals surface area (Å²) >= 11 is 6.49. The number of nitrogens with zero attached hydrogens (tertiary/aromatic N) is 2. The molecule has 0 bridgehead atoms. The average molecular weight is 354 g/mol. The highest BCUT2D eigenvalue weighted by molar-refractivity contribution is 6.33. The van der Waals surface area contributed by atoms with Crippen LogP contribution in [0.2, 0.25) is 5.02 Å². The van der Waals surface area contributed by atoms with E-state index >= 15 is 0 Å². The van der Waals surface area contributed by atoms with Crippen molar-refractivity contribution in [3.8, 4) is 0 Å². The molecule has 0 saturated carbocycles. The highest BCUT2D eigenvalue weighted by Crippen LogP contribution is 2.29. The predicted molar refractivity (Wildman–Crippen MR) is 98.9 cm³/mol. The van der Waals surface area contributed by atoms with Crippen molar-refractivity contribution in [2.45, 2.75) is 39.3 Å². The Morgan fingerprint density at radius 1 is 1.25 bits per heavy atom. The number of alkyl carbamates (subject to hydrolysis) is 1. The maximum absolute atomic E-state index is 11.9. The highest BCUT2D eigenvalue weighted by atomic mass is 35.5. The number of hydrogen-bond acceptors (Lipinski definition) is 4. The Balaban J connectivity index is 2.02. The van der Waals surface area contributed by atoms with Gasteiger partial charge in [-0.25, -0.2) is 4.79 Å². The van der Waals surface area contributed by atoms with E-state index in [4.69, 9.17) is 16.3 Å². The van der Waals surface area contributed by atoms with Crippen LogP contribution in [0.5, 0.6) is 0 Å². The molecule has 1 heterocycles. The maximum atomic E-state index is 11.9. The molecule has 0 aliphatic carbocycles. The lowest BCUT2D eigenvalue weighted by Gasteiger charge is -2.34. The molecule has 0 radical (unpaired) electrons. The van der Waals surface area contributed by atoms with E-state index in [1.807, 2.05) is 45.9 Å². The van der Waals surface area contributed by atoms with Crippen molar-refractivity contribution in [3.63, 3.8) is 0 Å². The molecule has 1 aromatic rings. The number of nitrogens with one attached hydrogen (secondary N) is 1. The summed E-state index contributed by atoms with van der Waals surface area (Å²) in [6.07, 6.45) is -0.422. The average Bonchev–Trinajstić information content (AvgIpc) is 2.46. The van der Waals surface area contributed by atoms with Gasteiger partial charge in [0.05, 0.1) is 16.8 Å². The Morgan fingerprint density at radius 3 is 2.42 bits per heavy atom. The molecule has 1 amide bonds. The fourth-order valence-corrected chi connectivity index (χ4v) is 2.97. The first-order valence-electron chi connectivity index (χ1n) is 8.38. The summed E-state index contributed by atoms with van der Waals surface area (Å²) in [7, 11) is 2.13. The van der Waals surface area contributed by atoms with Crippen molar-refractivity contribution in [2.75, 3.05) is 38.1 Å². The summed E-state index contributed by atoms with van der Waals surface area (Å²) in [6.45, 7) is 11.5. The Hall–Kier alpha value is -1.46. The summed E-state index contributed by atoms with van der Waals surface area (Å²) in [4.78, 5) is 16.5. The molecule has 24 heavy (non-hydrogen) atoms. The molecule has 5 nitrogen and oxygen atoms in total. The van der Waals surface area contributed by atoms with Crippen LogP contribution in [-0.4, -0.2) is 49.8 Å². The van der Waals surface area contributed by atoms with E-state index in [-0.39, 0.29) is 6.04 Å². The summed E-state index contributed by atoms with van der Waals surface area (Å²) in [5, 5.41) is 3.56. The summed E-state index contributed by atoms with van der Waals surface area (Å²) < 4.78 is 5.29. The SMILES string of the molecule is C[C@H](NC(=O)OC(C)(C)C)c1ccc(N2CCN(C)CC2)c(Cl)c1. The van der Waals surface area contributed by atoms with Crippen LogP contribution in [0.4, 0.5) is 10.5 Å². The van der Waals surface area contributed by atoms with Crippen LogP contribution in [0, 0.1) is 0 Å². The minimum Gasteiger partial charge on any atom is -0.444 e. The van der Waals surface area contributed by atoms with Gasteiger partial charge < -0.3 is 19.9 Å². The van der Waals surface area contributed by atoms with E-state index in [0.29, 0.717) is 0 Å². The predicted octanol–water partition coefficient (Wildman–Crippen LogP) is 3.68. The second kappa shape index (κ2) is 7.62. The number of benzene rings is 1. The van der Waals surface area contributed by atoms with Gasteiger partial charge in [-0.15, -0.1) is 0 Å². The van der Waals surface area contributed by atoms with Crippen molar-refractivity contribution < 1.29 is 9.53 Å². The number of amides is 1. The van der Waals surface area contributed by atoms with Crippen molar-refractivity contribution in [1.82, 2.24) is 10.2 Å². The number of carbonyl (C=O) groups is 1. The summed E-state index contributed by atoms with van der Waals surface area (Å²) in [6, 6.07) is 5.81. The third kappa shape index (κ3) is 5.28. The topological polar surface area (TPSA) is 44.8 Å². The number of rotatable bonds is 3. The third-order valence-corrected chi connectivity index (χ3v) is 4.35. The van der Waals surface area contributed by atoms with E-state index < -0.39 is 11.7 Å². The molecule has 134 valence electrons. The third-order valence-electron chi connectivity index (χ3n) is 4.05. The van der Waals surface area contributed by atoms with Crippen LogP contribution in [-0.2, 0) is 4.74 Å². The Bertz CT molecular complexity index is 578. The number of carbonyl (C=O) groups excluding carboxylic acids is 1. The van der Waals surface area contributed by atoms with Crippen LogP contribution >= 0.6 is 11.6 Å². The molecule has 6 heteroatoms. The molecule has 1 aliphatic heterocycles. The number of anilines is 1. The molecular weight excluding hydrogens is 326 g/mol. The lowest BCUT2D eigenvalue weighted by atomic mass is 10.1. The van der Waals surface area contributed by atoms with Gasteiger partial charge >= 0.3 is 6.09 Å². The molecule has 2 rings (SSSR count). The van der Waals surface area contributed by atoms with E-state index in [0.717, 1.165) is 42.5 Å². The van der Waals surface area contributed by atoms with Crippen molar-refractivity contribution >= 4 is 23.4 Å². The van der Waals surface area contributed by atoms with E-state index in [1.54, 1.807) is 0 Å². The van der Waals surface area contributed by atoms with Crippen molar-refractivity contribution in [1.29, 1.82) is 0 Å². The number of halogens is 1. The zero-order valence-corrected chi connectivity index (χ0v) is 16.0. The quantitative estimate of drug-likeness (QED) is 0.900. The molecular formula is C18H28ClN3O2. The molecule has 1 aliphatic rings. The summed E-state index contributed by atoms with van der Waals surface area (Å²) in [5.74, 6) is 0. The normalized spacial score (nSPS) is 17.5. The van der Waals surface area contributed by atoms with Gasteiger partial charge in [-0.05, 0) is 52.4 Å². The highest BCUT2D eigenvalue weighted by Gasteiger charge is 2.20.